The molecule has 1 aliphatic heterocycles. The molecular formula is C18H28N4O2. The third-order valence-corrected chi connectivity index (χ3v) is 3.95. The quantitative estimate of drug-likeness (QED) is 0.818. The number of carbonyl (C=O) groups is 2. The summed E-state index contributed by atoms with van der Waals surface area (Å²) in [6, 6.07) is 7.97. The first-order valence-electron chi connectivity index (χ1n) is 8.53. The maximum absolute atomic E-state index is 12.1. The van der Waals surface area contributed by atoms with Gasteiger partial charge in [-0.25, -0.2) is 0 Å². The molecule has 1 aromatic rings. The van der Waals surface area contributed by atoms with E-state index >= 15 is 0 Å². The van der Waals surface area contributed by atoms with Gasteiger partial charge in [0.25, 0.3) is 0 Å². The monoisotopic (exact) mass is 332 g/mol. The summed E-state index contributed by atoms with van der Waals surface area (Å²) in [5, 5.41) is 5.84. The maximum atomic E-state index is 12.1. The zero-order chi connectivity index (χ0) is 17.5. The van der Waals surface area contributed by atoms with E-state index in [9.17, 15) is 9.59 Å². The average molecular weight is 332 g/mol. The maximum Gasteiger partial charge on any atom is 0.238 e. The standard InChI is InChI=1S/C18H28N4O2/c1-14(2)19-17(23)12-21-7-9-22(10-8-21)13-18(24)20-16-6-4-5-15(3)11-16/h4-6,11,14H,7-10,12-13H2,1-3H3,(H,19,23)(H,20,24). The minimum Gasteiger partial charge on any atom is -0.353 e. The Morgan fingerprint density at radius 2 is 1.62 bits per heavy atom. The highest BCUT2D eigenvalue weighted by molar-refractivity contribution is 5.92. The van der Waals surface area contributed by atoms with Crippen LogP contribution in [0.25, 0.3) is 0 Å². The number of hydrogen-bond acceptors (Lipinski definition) is 4. The highest BCUT2D eigenvalue weighted by atomic mass is 16.2. The number of amides is 2. The third kappa shape index (κ3) is 6.29. The number of anilines is 1. The number of rotatable bonds is 6. The van der Waals surface area contributed by atoms with E-state index in [1.165, 1.54) is 0 Å². The van der Waals surface area contributed by atoms with Gasteiger partial charge in [0.05, 0.1) is 13.1 Å². The van der Waals surface area contributed by atoms with Crippen LogP contribution in [0.5, 0.6) is 0 Å². The predicted molar refractivity (Wildman–Crippen MR) is 96.0 cm³/mol. The van der Waals surface area contributed by atoms with Crippen molar-refractivity contribution in [2.24, 2.45) is 0 Å². The number of hydrogen-bond donors (Lipinski definition) is 2. The first-order valence-corrected chi connectivity index (χ1v) is 8.53. The fourth-order valence-electron chi connectivity index (χ4n) is 2.80. The van der Waals surface area contributed by atoms with Crippen LogP contribution in [-0.4, -0.2) is 66.9 Å². The number of benzene rings is 1. The summed E-state index contributed by atoms with van der Waals surface area (Å²) in [6.07, 6.45) is 0. The van der Waals surface area contributed by atoms with Crippen LogP contribution in [0.3, 0.4) is 0 Å². The third-order valence-electron chi connectivity index (χ3n) is 3.95. The second-order valence-corrected chi connectivity index (χ2v) is 6.69. The van der Waals surface area contributed by atoms with Crippen molar-refractivity contribution in [3.05, 3.63) is 29.8 Å². The Morgan fingerprint density at radius 3 is 2.17 bits per heavy atom. The van der Waals surface area contributed by atoms with Gasteiger partial charge in [-0.05, 0) is 38.5 Å². The van der Waals surface area contributed by atoms with Gasteiger partial charge in [-0.15, -0.1) is 0 Å². The van der Waals surface area contributed by atoms with Gasteiger partial charge in [0.1, 0.15) is 0 Å². The lowest BCUT2D eigenvalue weighted by Crippen LogP contribution is -2.51. The molecule has 2 rings (SSSR count). The molecule has 2 amide bonds. The summed E-state index contributed by atoms with van der Waals surface area (Å²) in [7, 11) is 0. The van der Waals surface area contributed by atoms with Crippen molar-refractivity contribution in [2.45, 2.75) is 26.8 Å². The number of nitrogens with one attached hydrogen (secondary N) is 2. The zero-order valence-corrected chi connectivity index (χ0v) is 14.8. The molecular weight excluding hydrogens is 304 g/mol. The molecule has 6 heteroatoms. The van der Waals surface area contributed by atoms with E-state index in [0.717, 1.165) is 37.4 Å². The molecule has 0 aromatic heterocycles. The van der Waals surface area contributed by atoms with E-state index < -0.39 is 0 Å². The molecule has 0 saturated carbocycles. The summed E-state index contributed by atoms with van der Waals surface area (Å²) < 4.78 is 0. The topological polar surface area (TPSA) is 64.7 Å². The molecule has 1 aliphatic rings. The van der Waals surface area contributed by atoms with Crippen molar-refractivity contribution in [3.63, 3.8) is 0 Å². The van der Waals surface area contributed by atoms with Crippen molar-refractivity contribution in [1.29, 1.82) is 0 Å². The first kappa shape index (κ1) is 18.4. The Balaban J connectivity index is 1.70. The predicted octanol–water partition coefficient (Wildman–Crippen LogP) is 1.08. The second kappa shape index (κ2) is 8.80. The van der Waals surface area contributed by atoms with Gasteiger partial charge < -0.3 is 10.6 Å². The highest BCUT2D eigenvalue weighted by Gasteiger charge is 2.20. The van der Waals surface area contributed by atoms with Crippen LogP contribution in [0.1, 0.15) is 19.4 Å². The van der Waals surface area contributed by atoms with E-state index in [2.05, 4.69) is 20.4 Å². The molecule has 0 radical (unpaired) electrons. The average Bonchev–Trinajstić information content (AvgIpc) is 2.48. The summed E-state index contributed by atoms with van der Waals surface area (Å²) in [5.74, 6) is 0.0715. The van der Waals surface area contributed by atoms with Crippen LogP contribution in [0.15, 0.2) is 24.3 Å². The largest absolute Gasteiger partial charge is 0.353 e. The summed E-state index contributed by atoms with van der Waals surface area (Å²) in [5.41, 5.74) is 1.96. The molecule has 132 valence electrons. The molecule has 6 nitrogen and oxygen atoms in total. The second-order valence-electron chi connectivity index (χ2n) is 6.69. The Labute approximate surface area is 144 Å². The van der Waals surface area contributed by atoms with Gasteiger partial charge in [-0.2, -0.15) is 0 Å². The molecule has 0 atom stereocenters. The number of carbonyl (C=O) groups excluding carboxylic acids is 2. The van der Waals surface area contributed by atoms with Crippen molar-refractivity contribution >= 4 is 17.5 Å². The Hall–Kier alpha value is -1.92. The van der Waals surface area contributed by atoms with Crippen molar-refractivity contribution in [2.75, 3.05) is 44.6 Å². The lowest BCUT2D eigenvalue weighted by molar-refractivity contribution is -0.124. The van der Waals surface area contributed by atoms with Crippen LogP contribution >= 0.6 is 0 Å². The minimum absolute atomic E-state index is 0.00611. The Bertz CT molecular complexity index is 566. The van der Waals surface area contributed by atoms with Crippen molar-refractivity contribution in [1.82, 2.24) is 15.1 Å². The fourth-order valence-corrected chi connectivity index (χ4v) is 2.80. The Kier molecular flexibility index (Phi) is 6.75. The minimum atomic E-state index is 0.00611. The Morgan fingerprint density at radius 1 is 1.04 bits per heavy atom. The molecule has 1 heterocycles. The fraction of sp³-hybridized carbons (Fsp3) is 0.556. The van der Waals surface area contributed by atoms with Gasteiger partial charge in [0, 0.05) is 37.9 Å². The number of piperazine rings is 1. The van der Waals surface area contributed by atoms with E-state index in [0.29, 0.717) is 13.1 Å². The molecule has 0 spiro atoms. The van der Waals surface area contributed by atoms with Gasteiger partial charge >= 0.3 is 0 Å². The van der Waals surface area contributed by atoms with Gasteiger partial charge in [0.15, 0.2) is 0 Å². The smallest absolute Gasteiger partial charge is 0.238 e. The SMILES string of the molecule is Cc1cccc(NC(=O)CN2CCN(CC(=O)NC(C)C)CC2)c1. The molecule has 2 N–H and O–H groups in total. The van der Waals surface area contributed by atoms with Crippen LogP contribution in [0.2, 0.25) is 0 Å². The summed E-state index contributed by atoms with van der Waals surface area (Å²) >= 11 is 0. The van der Waals surface area contributed by atoms with Gasteiger partial charge in [-0.1, -0.05) is 12.1 Å². The zero-order valence-electron chi connectivity index (χ0n) is 14.8. The lowest BCUT2D eigenvalue weighted by Gasteiger charge is -2.33. The molecule has 0 aliphatic carbocycles. The van der Waals surface area contributed by atoms with Crippen LogP contribution in [0.4, 0.5) is 5.69 Å². The molecule has 0 unspecified atom stereocenters. The van der Waals surface area contributed by atoms with E-state index in [-0.39, 0.29) is 17.9 Å². The molecule has 1 fully saturated rings. The van der Waals surface area contributed by atoms with Crippen molar-refractivity contribution in [3.8, 4) is 0 Å². The van der Waals surface area contributed by atoms with Gasteiger partial charge in [0.2, 0.25) is 11.8 Å². The lowest BCUT2D eigenvalue weighted by atomic mass is 10.2. The normalized spacial score (nSPS) is 16.2. The van der Waals surface area contributed by atoms with E-state index in [4.69, 9.17) is 0 Å². The van der Waals surface area contributed by atoms with Crippen LogP contribution in [0, 0.1) is 6.92 Å². The van der Waals surface area contributed by atoms with E-state index in [1.807, 2.05) is 45.0 Å². The summed E-state index contributed by atoms with van der Waals surface area (Å²) in [4.78, 5) is 28.2. The molecule has 1 aromatic carbocycles. The highest BCUT2D eigenvalue weighted by Crippen LogP contribution is 2.10. The number of nitrogens with zero attached hydrogens (tertiary/aromatic N) is 2. The molecule has 1 saturated heterocycles. The summed E-state index contributed by atoms with van der Waals surface area (Å²) in [6.45, 7) is 9.97. The number of aryl methyl sites for hydroxylation is 1. The molecule has 24 heavy (non-hydrogen) atoms. The van der Waals surface area contributed by atoms with Crippen LogP contribution in [-0.2, 0) is 9.59 Å². The van der Waals surface area contributed by atoms with Gasteiger partial charge in [-0.3, -0.25) is 19.4 Å². The first-order chi connectivity index (χ1) is 11.4. The van der Waals surface area contributed by atoms with Crippen LogP contribution < -0.4 is 10.6 Å². The van der Waals surface area contributed by atoms with Crippen molar-refractivity contribution < 1.29 is 9.59 Å². The van der Waals surface area contributed by atoms with E-state index in [1.54, 1.807) is 0 Å². The molecule has 0 bridgehead atoms.